The number of methoxy groups -OCH3 is 1. The van der Waals surface area contributed by atoms with Crippen LogP contribution in [0.3, 0.4) is 0 Å². The first-order valence-electron chi connectivity index (χ1n) is 4.52. The Kier molecular flexibility index (Phi) is 1.69. The van der Waals surface area contributed by atoms with Gasteiger partial charge in [0.05, 0.1) is 6.10 Å². The average Bonchev–Trinajstić information content (AvgIpc) is 2.42. The minimum atomic E-state index is 0.487. The molecule has 0 aromatic carbocycles. The summed E-state index contributed by atoms with van der Waals surface area (Å²) < 4.78 is 5.37. The lowest BCUT2D eigenvalue weighted by molar-refractivity contribution is 0.107. The van der Waals surface area contributed by atoms with Crippen molar-refractivity contribution >= 4 is 0 Å². The fraction of sp³-hybridized carbons (Fsp3) is 1.00. The third-order valence-corrected chi connectivity index (χ3v) is 3.33. The van der Waals surface area contributed by atoms with E-state index in [9.17, 15) is 0 Å². The lowest BCUT2D eigenvalue weighted by atomic mass is 9.96. The van der Waals surface area contributed by atoms with Crippen LogP contribution in [0.15, 0.2) is 0 Å². The molecular weight excluding hydrogens is 138 g/mol. The number of nitrogens with zero attached hydrogens (tertiary/aromatic N) is 1. The summed E-state index contributed by atoms with van der Waals surface area (Å²) >= 11 is 0. The molecule has 0 N–H and O–H groups in total. The van der Waals surface area contributed by atoms with Crippen LogP contribution in [0.25, 0.3) is 0 Å². The maximum absolute atomic E-state index is 5.37. The number of rotatable bonds is 1. The Morgan fingerprint density at radius 2 is 2.36 bits per heavy atom. The highest BCUT2D eigenvalue weighted by Gasteiger charge is 2.44. The van der Waals surface area contributed by atoms with E-state index in [-0.39, 0.29) is 0 Å². The fourth-order valence-electron chi connectivity index (χ4n) is 2.58. The summed E-state index contributed by atoms with van der Waals surface area (Å²) in [4.78, 5) is 2.58. The van der Waals surface area contributed by atoms with Crippen LogP contribution in [-0.4, -0.2) is 36.7 Å². The lowest BCUT2D eigenvalue weighted by Gasteiger charge is -2.26. The Morgan fingerprint density at radius 3 is 3.00 bits per heavy atom. The van der Waals surface area contributed by atoms with E-state index in [0.29, 0.717) is 11.6 Å². The second-order valence-electron chi connectivity index (χ2n) is 4.11. The van der Waals surface area contributed by atoms with Crippen LogP contribution in [0.4, 0.5) is 0 Å². The van der Waals surface area contributed by atoms with Crippen molar-refractivity contribution in [1.29, 1.82) is 0 Å². The molecule has 2 rings (SSSR count). The first-order valence-corrected chi connectivity index (χ1v) is 4.52. The summed E-state index contributed by atoms with van der Waals surface area (Å²) in [5.74, 6) is 0. The van der Waals surface area contributed by atoms with E-state index >= 15 is 0 Å². The smallest absolute Gasteiger partial charge is 0.0715 e. The predicted molar refractivity (Wildman–Crippen MR) is 44.6 cm³/mol. The van der Waals surface area contributed by atoms with Gasteiger partial charge in [-0.05, 0) is 32.7 Å². The normalized spacial score (nSPS) is 44.7. The lowest BCUT2D eigenvalue weighted by Crippen LogP contribution is -2.34. The maximum atomic E-state index is 5.37. The second-order valence-corrected chi connectivity index (χ2v) is 4.11. The second kappa shape index (κ2) is 2.46. The van der Waals surface area contributed by atoms with Gasteiger partial charge in [0, 0.05) is 19.2 Å². The van der Waals surface area contributed by atoms with Crippen LogP contribution in [0.1, 0.15) is 26.2 Å². The Balaban J connectivity index is 2.06. The molecular formula is C9H17NO. The zero-order valence-electron chi connectivity index (χ0n) is 7.47. The molecule has 0 aromatic heterocycles. The predicted octanol–water partition coefficient (Wildman–Crippen LogP) is 1.26. The van der Waals surface area contributed by atoms with E-state index in [1.807, 2.05) is 7.11 Å². The third-order valence-electron chi connectivity index (χ3n) is 3.33. The van der Waals surface area contributed by atoms with Crippen LogP contribution >= 0.6 is 0 Å². The quantitative estimate of drug-likeness (QED) is 0.565. The van der Waals surface area contributed by atoms with E-state index in [4.69, 9.17) is 4.74 Å². The highest BCUT2D eigenvalue weighted by atomic mass is 16.5. The topological polar surface area (TPSA) is 12.5 Å². The minimum Gasteiger partial charge on any atom is -0.380 e. The molecule has 0 saturated carbocycles. The molecule has 0 aromatic rings. The first kappa shape index (κ1) is 7.56. The van der Waals surface area contributed by atoms with Crippen molar-refractivity contribution in [1.82, 2.24) is 4.90 Å². The summed E-state index contributed by atoms with van der Waals surface area (Å²) in [6, 6.07) is 0. The van der Waals surface area contributed by atoms with Gasteiger partial charge >= 0.3 is 0 Å². The largest absolute Gasteiger partial charge is 0.380 e. The number of hydrogen-bond donors (Lipinski definition) is 0. The zero-order chi connectivity index (χ0) is 7.90. The van der Waals surface area contributed by atoms with Crippen molar-refractivity contribution in [2.24, 2.45) is 0 Å². The molecule has 2 heteroatoms. The Morgan fingerprint density at radius 1 is 1.55 bits per heavy atom. The van der Waals surface area contributed by atoms with Crippen molar-refractivity contribution < 1.29 is 4.74 Å². The van der Waals surface area contributed by atoms with E-state index in [0.717, 1.165) is 6.54 Å². The fourth-order valence-corrected chi connectivity index (χ4v) is 2.58. The molecule has 64 valence electrons. The molecule has 0 unspecified atom stereocenters. The Bertz CT molecular complexity index is 160. The zero-order valence-corrected chi connectivity index (χ0v) is 7.47. The molecule has 2 atom stereocenters. The number of fused-ring (bicyclic) bond motifs is 1. The van der Waals surface area contributed by atoms with Gasteiger partial charge < -0.3 is 4.74 Å². The van der Waals surface area contributed by atoms with Gasteiger partial charge in [0.15, 0.2) is 0 Å². The summed E-state index contributed by atoms with van der Waals surface area (Å²) in [5, 5.41) is 0. The van der Waals surface area contributed by atoms with E-state index in [1.165, 1.54) is 25.8 Å². The van der Waals surface area contributed by atoms with Crippen molar-refractivity contribution in [3.8, 4) is 0 Å². The van der Waals surface area contributed by atoms with Crippen molar-refractivity contribution in [3.05, 3.63) is 0 Å². The van der Waals surface area contributed by atoms with Crippen molar-refractivity contribution in [3.63, 3.8) is 0 Å². The van der Waals surface area contributed by atoms with Crippen LogP contribution in [0.2, 0.25) is 0 Å². The van der Waals surface area contributed by atoms with Crippen LogP contribution in [0.5, 0.6) is 0 Å². The molecule has 2 aliphatic rings. The van der Waals surface area contributed by atoms with Gasteiger partial charge in [-0.25, -0.2) is 0 Å². The average molecular weight is 155 g/mol. The van der Waals surface area contributed by atoms with Crippen molar-refractivity contribution in [2.75, 3.05) is 20.2 Å². The van der Waals surface area contributed by atoms with Gasteiger partial charge in [-0.15, -0.1) is 0 Å². The molecule has 0 spiro atoms. The molecule has 2 aliphatic heterocycles. The highest BCUT2D eigenvalue weighted by Crippen LogP contribution is 2.38. The van der Waals surface area contributed by atoms with Gasteiger partial charge in [0.1, 0.15) is 0 Å². The van der Waals surface area contributed by atoms with Crippen LogP contribution in [0, 0.1) is 0 Å². The molecule has 2 heterocycles. The molecule has 0 aliphatic carbocycles. The van der Waals surface area contributed by atoms with Gasteiger partial charge in [-0.3, -0.25) is 4.90 Å². The summed E-state index contributed by atoms with van der Waals surface area (Å²) in [7, 11) is 1.83. The maximum Gasteiger partial charge on any atom is 0.0715 e. The molecule has 11 heavy (non-hydrogen) atoms. The minimum absolute atomic E-state index is 0.487. The molecule has 0 bridgehead atoms. The highest BCUT2D eigenvalue weighted by molar-refractivity contribution is 5.00. The standard InChI is InChI=1S/C9H17NO/c1-9-4-3-5-10(9)7-8(6-9)11-2/h8H,3-7H2,1-2H3/t8-,9-/m1/s1. The monoisotopic (exact) mass is 155 g/mol. The Labute approximate surface area is 68.5 Å². The summed E-state index contributed by atoms with van der Waals surface area (Å²) in [6.45, 7) is 4.82. The van der Waals surface area contributed by atoms with E-state index in [1.54, 1.807) is 0 Å². The molecule has 2 saturated heterocycles. The van der Waals surface area contributed by atoms with Gasteiger partial charge in [-0.1, -0.05) is 0 Å². The molecule has 0 radical (unpaired) electrons. The van der Waals surface area contributed by atoms with Gasteiger partial charge in [-0.2, -0.15) is 0 Å². The number of ether oxygens (including phenoxy) is 1. The summed E-state index contributed by atoms with van der Waals surface area (Å²) in [6.07, 6.45) is 4.49. The summed E-state index contributed by atoms with van der Waals surface area (Å²) in [5.41, 5.74) is 0.487. The SMILES string of the molecule is CO[C@H]1CN2CCC[C@]2(C)C1. The van der Waals surface area contributed by atoms with Gasteiger partial charge in [0.25, 0.3) is 0 Å². The molecule has 0 amide bonds. The third kappa shape index (κ3) is 1.09. The number of hydrogen-bond acceptors (Lipinski definition) is 2. The Hall–Kier alpha value is -0.0800. The van der Waals surface area contributed by atoms with Crippen molar-refractivity contribution in [2.45, 2.75) is 37.8 Å². The molecule has 2 nitrogen and oxygen atoms in total. The van der Waals surface area contributed by atoms with Crippen LogP contribution < -0.4 is 0 Å². The van der Waals surface area contributed by atoms with E-state index < -0.39 is 0 Å². The van der Waals surface area contributed by atoms with Crippen LogP contribution in [-0.2, 0) is 4.74 Å². The van der Waals surface area contributed by atoms with Gasteiger partial charge in [0.2, 0.25) is 0 Å². The van der Waals surface area contributed by atoms with E-state index in [2.05, 4.69) is 11.8 Å². The molecule has 2 fully saturated rings. The first-order chi connectivity index (χ1) is 5.24.